The SMILES string of the molecule is Cc1cnc(N(Cc2ccccc2)C(C)C)cc1N. The molecule has 2 N–H and O–H groups in total. The monoisotopic (exact) mass is 255 g/mol. The number of nitrogen functional groups attached to an aromatic ring is 1. The van der Waals surface area contributed by atoms with Crippen LogP contribution in [0.3, 0.4) is 0 Å². The van der Waals surface area contributed by atoms with Gasteiger partial charge in [0.05, 0.1) is 0 Å². The van der Waals surface area contributed by atoms with Crippen molar-refractivity contribution >= 4 is 11.5 Å². The molecule has 2 aromatic rings. The van der Waals surface area contributed by atoms with E-state index in [1.807, 2.05) is 25.3 Å². The minimum absolute atomic E-state index is 0.370. The maximum absolute atomic E-state index is 5.99. The normalized spacial score (nSPS) is 10.7. The van der Waals surface area contributed by atoms with Gasteiger partial charge in [0.25, 0.3) is 0 Å². The summed E-state index contributed by atoms with van der Waals surface area (Å²) in [6, 6.07) is 12.7. The van der Waals surface area contributed by atoms with Crippen LogP contribution in [-0.2, 0) is 6.54 Å². The summed E-state index contributed by atoms with van der Waals surface area (Å²) in [5.74, 6) is 0.932. The largest absolute Gasteiger partial charge is 0.398 e. The van der Waals surface area contributed by atoms with Gasteiger partial charge >= 0.3 is 0 Å². The first-order valence-electron chi connectivity index (χ1n) is 6.60. The van der Waals surface area contributed by atoms with E-state index in [0.29, 0.717) is 6.04 Å². The third-order valence-electron chi connectivity index (χ3n) is 3.24. The molecule has 100 valence electrons. The summed E-state index contributed by atoms with van der Waals surface area (Å²) >= 11 is 0. The van der Waals surface area contributed by atoms with Gasteiger partial charge in [-0.3, -0.25) is 0 Å². The molecule has 0 saturated carbocycles. The number of nitrogens with zero attached hydrogens (tertiary/aromatic N) is 2. The lowest BCUT2D eigenvalue weighted by Gasteiger charge is -2.28. The lowest BCUT2D eigenvalue weighted by molar-refractivity contribution is 0.672. The van der Waals surface area contributed by atoms with E-state index in [4.69, 9.17) is 5.73 Å². The fraction of sp³-hybridized carbons (Fsp3) is 0.312. The van der Waals surface area contributed by atoms with Crippen molar-refractivity contribution in [3.8, 4) is 0 Å². The first kappa shape index (κ1) is 13.4. The molecule has 0 unspecified atom stereocenters. The smallest absolute Gasteiger partial charge is 0.131 e. The molecule has 0 atom stereocenters. The molecule has 0 saturated heterocycles. The van der Waals surface area contributed by atoms with Gasteiger partial charge in [-0.2, -0.15) is 0 Å². The standard InChI is InChI=1S/C16H21N3/c1-12(2)19(11-14-7-5-4-6-8-14)16-9-15(17)13(3)10-18-16/h4-10,12H,11H2,1-3H3,(H2,17,18). The molecule has 0 spiro atoms. The molecule has 0 radical (unpaired) electrons. The molecule has 0 amide bonds. The number of hydrogen-bond acceptors (Lipinski definition) is 3. The number of aromatic nitrogens is 1. The second-order valence-electron chi connectivity index (χ2n) is 5.11. The van der Waals surface area contributed by atoms with E-state index >= 15 is 0 Å². The van der Waals surface area contributed by atoms with Crippen molar-refractivity contribution in [2.75, 3.05) is 10.6 Å². The first-order valence-corrected chi connectivity index (χ1v) is 6.60. The highest BCUT2D eigenvalue weighted by molar-refractivity contribution is 5.55. The van der Waals surface area contributed by atoms with Crippen molar-refractivity contribution in [2.45, 2.75) is 33.4 Å². The van der Waals surface area contributed by atoms with E-state index in [9.17, 15) is 0 Å². The second-order valence-corrected chi connectivity index (χ2v) is 5.11. The molecular weight excluding hydrogens is 234 g/mol. The van der Waals surface area contributed by atoms with E-state index in [1.54, 1.807) is 0 Å². The molecule has 0 fully saturated rings. The number of anilines is 2. The number of rotatable bonds is 4. The quantitative estimate of drug-likeness (QED) is 0.910. The van der Waals surface area contributed by atoms with Gasteiger partial charge < -0.3 is 10.6 Å². The summed E-state index contributed by atoms with van der Waals surface area (Å²) in [5, 5.41) is 0. The van der Waals surface area contributed by atoms with Crippen LogP contribution in [0.15, 0.2) is 42.6 Å². The predicted octanol–water partition coefficient (Wildman–Crippen LogP) is 3.39. The molecule has 0 aliphatic heterocycles. The van der Waals surface area contributed by atoms with Crippen LogP contribution >= 0.6 is 0 Å². The van der Waals surface area contributed by atoms with Crippen molar-refractivity contribution in [3.63, 3.8) is 0 Å². The fourth-order valence-corrected chi connectivity index (χ4v) is 1.99. The highest BCUT2D eigenvalue weighted by Crippen LogP contribution is 2.21. The fourth-order valence-electron chi connectivity index (χ4n) is 1.99. The molecule has 3 heteroatoms. The Morgan fingerprint density at radius 1 is 1.21 bits per heavy atom. The Morgan fingerprint density at radius 3 is 2.47 bits per heavy atom. The summed E-state index contributed by atoms with van der Waals surface area (Å²) in [5.41, 5.74) is 9.08. The lowest BCUT2D eigenvalue weighted by Crippen LogP contribution is -2.31. The summed E-state index contributed by atoms with van der Waals surface area (Å²) in [6.07, 6.45) is 1.84. The topological polar surface area (TPSA) is 42.2 Å². The lowest BCUT2D eigenvalue weighted by atomic mass is 10.1. The Labute approximate surface area is 115 Å². The number of hydrogen-bond donors (Lipinski definition) is 1. The number of pyridine rings is 1. The zero-order chi connectivity index (χ0) is 13.8. The maximum atomic E-state index is 5.99. The predicted molar refractivity (Wildman–Crippen MR) is 81.1 cm³/mol. The maximum Gasteiger partial charge on any atom is 0.131 e. The van der Waals surface area contributed by atoms with Gasteiger partial charge in [-0.25, -0.2) is 4.98 Å². The minimum atomic E-state index is 0.370. The Hall–Kier alpha value is -2.03. The van der Waals surface area contributed by atoms with Crippen LogP contribution in [0.5, 0.6) is 0 Å². The van der Waals surface area contributed by atoms with Crippen LogP contribution in [0, 0.1) is 6.92 Å². The van der Waals surface area contributed by atoms with Crippen LogP contribution in [0.1, 0.15) is 25.0 Å². The second kappa shape index (κ2) is 5.74. The number of benzene rings is 1. The van der Waals surface area contributed by atoms with Crippen molar-refractivity contribution in [3.05, 3.63) is 53.7 Å². The van der Waals surface area contributed by atoms with Crippen molar-refractivity contribution in [2.24, 2.45) is 0 Å². The Kier molecular flexibility index (Phi) is 4.05. The zero-order valence-electron chi connectivity index (χ0n) is 11.8. The van der Waals surface area contributed by atoms with Gasteiger partial charge in [0.1, 0.15) is 5.82 Å². The average Bonchev–Trinajstić information content (AvgIpc) is 2.40. The van der Waals surface area contributed by atoms with Gasteiger partial charge in [0, 0.05) is 30.5 Å². The number of nitrogens with two attached hydrogens (primary N) is 1. The molecule has 1 aromatic carbocycles. The van der Waals surface area contributed by atoms with E-state index in [-0.39, 0.29) is 0 Å². The summed E-state index contributed by atoms with van der Waals surface area (Å²) in [4.78, 5) is 6.76. The first-order chi connectivity index (χ1) is 9.08. The highest BCUT2D eigenvalue weighted by Gasteiger charge is 2.13. The van der Waals surface area contributed by atoms with Gasteiger partial charge in [0.15, 0.2) is 0 Å². The average molecular weight is 255 g/mol. The van der Waals surface area contributed by atoms with Crippen LogP contribution in [0.4, 0.5) is 11.5 Å². The molecule has 1 heterocycles. The molecule has 19 heavy (non-hydrogen) atoms. The Bertz CT molecular complexity index is 535. The van der Waals surface area contributed by atoms with Gasteiger partial charge in [0.2, 0.25) is 0 Å². The number of aryl methyl sites for hydroxylation is 1. The van der Waals surface area contributed by atoms with E-state index in [0.717, 1.165) is 23.6 Å². The Morgan fingerprint density at radius 2 is 1.89 bits per heavy atom. The van der Waals surface area contributed by atoms with Crippen molar-refractivity contribution in [1.29, 1.82) is 0 Å². The third-order valence-corrected chi connectivity index (χ3v) is 3.24. The zero-order valence-corrected chi connectivity index (χ0v) is 11.8. The molecule has 3 nitrogen and oxygen atoms in total. The summed E-state index contributed by atoms with van der Waals surface area (Å²) < 4.78 is 0. The Balaban J connectivity index is 2.27. The minimum Gasteiger partial charge on any atom is -0.398 e. The molecule has 0 aliphatic rings. The van der Waals surface area contributed by atoms with E-state index < -0.39 is 0 Å². The van der Waals surface area contributed by atoms with Gasteiger partial charge in [-0.15, -0.1) is 0 Å². The van der Waals surface area contributed by atoms with Crippen LogP contribution in [0.25, 0.3) is 0 Å². The van der Waals surface area contributed by atoms with E-state index in [1.165, 1.54) is 5.56 Å². The van der Waals surface area contributed by atoms with Crippen LogP contribution in [-0.4, -0.2) is 11.0 Å². The third kappa shape index (κ3) is 3.25. The molecule has 0 aliphatic carbocycles. The van der Waals surface area contributed by atoms with Crippen molar-refractivity contribution in [1.82, 2.24) is 4.98 Å². The molecular formula is C16H21N3. The molecule has 0 bridgehead atoms. The van der Waals surface area contributed by atoms with E-state index in [2.05, 4.69) is 48.0 Å². The van der Waals surface area contributed by atoms with Gasteiger partial charge in [-0.05, 0) is 31.9 Å². The van der Waals surface area contributed by atoms with Crippen molar-refractivity contribution < 1.29 is 0 Å². The molecule has 1 aromatic heterocycles. The van der Waals surface area contributed by atoms with Crippen LogP contribution in [0.2, 0.25) is 0 Å². The summed E-state index contributed by atoms with van der Waals surface area (Å²) in [6.45, 7) is 7.15. The summed E-state index contributed by atoms with van der Waals surface area (Å²) in [7, 11) is 0. The highest BCUT2D eigenvalue weighted by atomic mass is 15.2. The molecule has 2 rings (SSSR count). The van der Waals surface area contributed by atoms with Crippen LogP contribution < -0.4 is 10.6 Å². The van der Waals surface area contributed by atoms with Gasteiger partial charge in [-0.1, -0.05) is 30.3 Å².